The number of halogens is 2. The summed E-state index contributed by atoms with van der Waals surface area (Å²) in [7, 11) is 0. The van der Waals surface area contributed by atoms with E-state index in [0.717, 1.165) is 0 Å². The molecule has 8 nitrogen and oxygen atoms in total. The number of rotatable bonds is 8. The lowest BCUT2D eigenvalue weighted by atomic mass is 10.0. The average Bonchev–Trinajstić information content (AvgIpc) is 2.87. The van der Waals surface area contributed by atoms with Crippen molar-refractivity contribution in [3.63, 3.8) is 0 Å². The van der Waals surface area contributed by atoms with Gasteiger partial charge in [-0.15, -0.1) is 0 Å². The maximum atomic E-state index is 13.4. The third kappa shape index (κ3) is 7.31. The molecule has 3 amide bonds. The highest BCUT2D eigenvalue weighted by Crippen LogP contribution is 2.22. The SMILES string of the molecule is CCOC(=O)NC(C(=O)NC(C(=O)NC(=N)c1ccccc1)c1cccc(Cl)c1)c1ccc(Cl)cc1. The Bertz CT molecular complexity index is 1240. The molecule has 3 aromatic carbocycles. The van der Waals surface area contributed by atoms with E-state index >= 15 is 0 Å². The first kappa shape index (κ1) is 26.7. The Balaban J connectivity index is 1.90. The van der Waals surface area contributed by atoms with E-state index in [2.05, 4.69) is 16.0 Å². The van der Waals surface area contributed by atoms with Gasteiger partial charge in [0.15, 0.2) is 0 Å². The number of hydrogen-bond acceptors (Lipinski definition) is 5. The molecule has 3 aromatic rings. The van der Waals surface area contributed by atoms with Gasteiger partial charge in [-0.1, -0.05) is 77.8 Å². The lowest BCUT2D eigenvalue weighted by molar-refractivity contribution is -0.129. The van der Waals surface area contributed by atoms with Crippen LogP contribution in [0.5, 0.6) is 0 Å². The summed E-state index contributed by atoms with van der Waals surface area (Å²) in [5, 5.41) is 16.8. The molecular formula is C26H24Cl2N4O4. The first-order valence-corrected chi connectivity index (χ1v) is 11.7. The summed E-state index contributed by atoms with van der Waals surface area (Å²) in [5.41, 5.74) is 1.30. The van der Waals surface area contributed by atoms with E-state index in [9.17, 15) is 14.4 Å². The summed E-state index contributed by atoms with van der Waals surface area (Å²) >= 11 is 12.1. The molecule has 2 atom stereocenters. The Kier molecular flexibility index (Phi) is 9.44. The smallest absolute Gasteiger partial charge is 0.408 e. The van der Waals surface area contributed by atoms with E-state index in [1.54, 1.807) is 79.7 Å². The second-order valence-electron chi connectivity index (χ2n) is 7.58. The molecule has 0 saturated carbocycles. The topological polar surface area (TPSA) is 120 Å². The fraction of sp³-hybridized carbons (Fsp3) is 0.154. The monoisotopic (exact) mass is 526 g/mol. The summed E-state index contributed by atoms with van der Waals surface area (Å²) in [6.07, 6.45) is -0.804. The van der Waals surface area contributed by atoms with Crippen LogP contribution in [0.1, 0.15) is 35.7 Å². The van der Waals surface area contributed by atoms with Crippen molar-refractivity contribution in [2.24, 2.45) is 0 Å². The highest BCUT2D eigenvalue weighted by atomic mass is 35.5. The third-order valence-corrected chi connectivity index (χ3v) is 5.53. The summed E-state index contributed by atoms with van der Waals surface area (Å²) in [6, 6.07) is 19.0. The van der Waals surface area contributed by atoms with Gasteiger partial charge >= 0.3 is 6.09 Å². The zero-order valence-electron chi connectivity index (χ0n) is 19.3. The molecule has 0 heterocycles. The van der Waals surface area contributed by atoms with E-state index in [1.807, 2.05) is 0 Å². The van der Waals surface area contributed by atoms with Gasteiger partial charge in [-0.05, 0) is 42.3 Å². The van der Waals surface area contributed by atoms with Crippen molar-refractivity contribution in [1.29, 1.82) is 5.41 Å². The molecule has 0 aliphatic heterocycles. The molecule has 0 saturated heterocycles. The van der Waals surface area contributed by atoms with Crippen LogP contribution in [-0.4, -0.2) is 30.4 Å². The van der Waals surface area contributed by atoms with Crippen LogP contribution in [0.2, 0.25) is 10.0 Å². The number of amidine groups is 1. The number of benzene rings is 3. The number of ether oxygens (including phenoxy) is 1. The number of carbonyl (C=O) groups is 3. The standard InChI is InChI=1S/C26H24Cl2N4O4/c1-2-36-26(35)31-21(16-11-13-19(27)14-12-16)24(33)30-22(18-9-6-10-20(28)15-18)25(34)32-23(29)17-7-4-3-5-8-17/h3-15,21-22H,2H2,1H3,(H,30,33)(H,31,35)(H2,29,32,34). The van der Waals surface area contributed by atoms with Crippen LogP contribution in [0.3, 0.4) is 0 Å². The van der Waals surface area contributed by atoms with Crippen LogP contribution >= 0.6 is 23.2 Å². The van der Waals surface area contributed by atoms with Gasteiger partial charge in [-0.25, -0.2) is 4.79 Å². The Morgan fingerprint density at radius 1 is 0.806 bits per heavy atom. The summed E-state index contributed by atoms with van der Waals surface area (Å²) < 4.78 is 4.94. The molecule has 0 fully saturated rings. The van der Waals surface area contributed by atoms with Gasteiger partial charge in [0.2, 0.25) is 5.91 Å². The van der Waals surface area contributed by atoms with Gasteiger partial charge in [0.05, 0.1) is 6.61 Å². The number of nitrogens with one attached hydrogen (secondary N) is 4. The molecule has 0 radical (unpaired) electrons. The number of carbonyl (C=O) groups excluding carboxylic acids is 3. The second kappa shape index (κ2) is 12.7. The Morgan fingerprint density at radius 3 is 2.11 bits per heavy atom. The van der Waals surface area contributed by atoms with Gasteiger partial charge in [0.1, 0.15) is 17.9 Å². The highest BCUT2D eigenvalue weighted by molar-refractivity contribution is 6.31. The molecule has 10 heteroatoms. The number of hydrogen-bond donors (Lipinski definition) is 4. The fourth-order valence-electron chi connectivity index (χ4n) is 3.33. The number of amides is 3. The Labute approximate surface area is 218 Å². The van der Waals surface area contributed by atoms with E-state index in [-0.39, 0.29) is 12.4 Å². The first-order valence-electron chi connectivity index (χ1n) is 11.0. The van der Waals surface area contributed by atoms with Crippen molar-refractivity contribution in [1.82, 2.24) is 16.0 Å². The quantitative estimate of drug-likeness (QED) is 0.249. The molecule has 3 rings (SSSR count). The van der Waals surface area contributed by atoms with Crippen molar-refractivity contribution in [3.05, 3.63) is 106 Å². The maximum absolute atomic E-state index is 13.4. The van der Waals surface area contributed by atoms with Crippen LogP contribution in [0, 0.1) is 5.41 Å². The highest BCUT2D eigenvalue weighted by Gasteiger charge is 2.30. The lowest BCUT2D eigenvalue weighted by Gasteiger charge is -2.24. The summed E-state index contributed by atoms with van der Waals surface area (Å²) in [6.45, 7) is 1.74. The first-order chi connectivity index (χ1) is 17.3. The molecule has 2 unspecified atom stereocenters. The molecule has 0 aliphatic rings. The Hall–Kier alpha value is -3.88. The van der Waals surface area contributed by atoms with Crippen LogP contribution in [0.4, 0.5) is 4.79 Å². The Morgan fingerprint density at radius 2 is 1.47 bits per heavy atom. The van der Waals surface area contributed by atoms with E-state index in [4.69, 9.17) is 33.3 Å². The van der Waals surface area contributed by atoms with Gasteiger partial charge in [0.25, 0.3) is 5.91 Å². The van der Waals surface area contributed by atoms with Crippen LogP contribution in [-0.2, 0) is 14.3 Å². The van der Waals surface area contributed by atoms with E-state index in [1.165, 1.54) is 6.07 Å². The van der Waals surface area contributed by atoms with Gasteiger partial charge in [0, 0.05) is 15.6 Å². The summed E-state index contributed by atoms with van der Waals surface area (Å²) in [4.78, 5) is 38.9. The van der Waals surface area contributed by atoms with E-state index in [0.29, 0.717) is 26.7 Å². The molecule has 0 aromatic heterocycles. The van der Waals surface area contributed by atoms with Gasteiger partial charge in [-0.3, -0.25) is 15.0 Å². The lowest BCUT2D eigenvalue weighted by Crippen LogP contribution is -2.47. The largest absolute Gasteiger partial charge is 0.450 e. The zero-order chi connectivity index (χ0) is 26.1. The molecule has 4 N–H and O–H groups in total. The van der Waals surface area contributed by atoms with Crippen molar-refractivity contribution in [2.45, 2.75) is 19.0 Å². The van der Waals surface area contributed by atoms with Crippen molar-refractivity contribution >= 4 is 46.9 Å². The molecule has 0 bridgehead atoms. The van der Waals surface area contributed by atoms with Gasteiger partial charge < -0.3 is 20.7 Å². The summed E-state index contributed by atoms with van der Waals surface area (Å²) in [5.74, 6) is -1.48. The average molecular weight is 527 g/mol. The predicted octanol–water partition coefficient (Wildman–Crippen LogP) is 4.78. The van der Waals surface area contributed by atoms with Crippen molar-refractivity contribution in [2.75, 3.05) is 6.61 Å². The number of alkyl carbamates (subject to hydrolysis) is 1. The molecule has 36 heavy (non-hydrogen) atoms. The minimum atomic E-state index is -1.22. The van der Waals surface area contributed by atoms with Gasteiger partial charge in [-0.2, -0.15) is 0 Å². The molecule has 186 valence electrons. The van der Waals surface area contributed by atoms with E-state index < -0.39 is 30.0 Å². The molecule has 0 aliphatic carbocycles. The van der Waals surface area contributed by atoms with Crippen LogP contribution in [0.25, 0.3) is 0 Å². The predicted molar refractivity (Wildman–Crippen MR) is 138 cm³/mol. The third-order valence-electron chi connectivity index (χ3n) is 5.04. The molecular weight excluding hydrogens is 503 g/mol. The van der Waals surface area contributed by atoms with Crippen molar-refractivity contribution in [3.8, 4) is 0 Å². The van der Waals surface area contributed by atoms with Crippen LogP contribution < -0.4 is 16.0 Å². The fourth-order valence-corrected chi connectivity index (χ4v) is 3.66. The zero-order valence-corrected chi connectivity index (χ0v) is 20.8. The van der Waals surface area contributed by atoms with Crippen molar-refractivity contribution < 1.29 is 19.1 Å². The minimum absolute atomic E-state index is 0.107. The molecule has 0 spiro atoms. The second-order valence-corrected chi connectivity index (χ2v) is 8.45. The normalized spacial score (nSPS) is 12.1. The maximum Gasteiger partial charge on any atom is 0.408 e. The minimum Gasteiger partial charge on any atom is -0.450 e. The van der Waals surface area contributed by atoms with Crippen LogP contribution in [0.15, 0.2) is 78.9 Å².